The van der Waals surface area contributed by atoms with Gasteiger partial charge < -0.3 is 10.2 Å². The third kappa shape index (κ3) is 2.84. The third-order valence-electron chi connectivity index (χ3n) is 3.07. The minimum atomic E-state index is -3.64. The predicted molar refractivity (Wildman–Crippen MR) is 82.0 cm³/mol. The fraction of sp³-hybridized carbons (Fsp3) is 0.333. The molecule has 1 unspecified atom stereocenters. The first kappa shape index (κ1) is 15.7. The molecule has 0 saturated heterocycles. The van der Waals surface area contributed by atoms with Crippen LogP contribution in [0.15, 0.2) is 37.6 Å². The molecule has 2 rings (SSSR count). The second-order valence-corrected chi connectivity index (χ2v) is 7.93. The van der Waals surface area contributed by atoms with Gasteiger partial charge in [0.05, 0.1) is 12.6 Å². The molecule has 0 aliphatic carbocycles. The van der Waals surface area contributed by atoms with Gasteiger partial charge in [0.2, 0.25) is 10.0 Å². The van der Waals surface area contributed by atoms with Gasteiger partial charge in [0.25, 0.3) is 0 Å². The quantitative estimate of drug-likeness (QED) is 0.867. The highest BCUT2D eigenvalue weighted by Crippen LogP contribution is 2.33. The van der Waals surface area contributed by atoms with Crippen molar-refractivity contribution in [1.82, 2.24) is 4.31 Å². The molecule has 2 heterocycles. The van der Waals surface area contributed by atoms with E-state index in [4.69, 9.17) is 10.2 Å². The fourth-order valence-electron chi connectivity index (χ4n) is 1.75. The smallest absolute Gasteiger partial charge is 0.247 e. The number of nitrogens with zero attached hydrogens (tertiary/aromatic N) is 1. The summed E-state index contributed by atoms with van der Waals surface area (Å²) in [4.78, 5) is 1.08. The van der Waals surface area contributed by atoms with Crippen LogP contribution in [0.2, 0.25) is 0 Å². The first-order valence-electron chi connectivity index (χ1n) is 5.87. The van der Waals surface area contributed by atoms with E-state index in [-0.39, 0.29) is 22.2 Å². The van der Waals surface area contributed by atoms with Crippen LogP contribution < -0.4 is 5.73 Å². The van der Waals surface area contributed by atoms with Gasteiger partial charge >= 0.3 is 0 Å². The summed E-state index contributed by atoms with van der Waals surface area (Å²) in [6.45, 7) is 2.00. The van der Waals surface area contributed by atoms with Crippen LogP contribution in [-0.2, 0) is 16.6 Å². The highest BCUT2D eigenvalue weighted by atomic mass is 79.9. The highest BCUT2D eigenvalue weighted by Gasteiger charge is 2.30. The van der Waals surface area contributed by atoms with Gasteiger partial charge in [0, 0.05) is 18.0 Å². The third-order valence-corrected chi connectivity index (χ3v) is 6.89. The first-order chi connectivity index (χ1) is 9.37. The molecule has 0 amide bonds. The number of rotatable bonds is 5. The van der Waals surface area contributed by atoms with E-state index < -0.39 is 10.0 Å². The van der Waals surface area contributed by atoms with Crippen LogP contribution in [0.4, 0.5) is 0 Å². The Morgan fingerprint density at radius 3 is 2.75 bits per heavy atom. The molecule has 0 aliphatic heterocycles. The Kier molecular flexibility index (Phi) is 4.70. The number of sulfonamides is 1. The second kappa shape index (κ2) is 5.98. The van der Waals surface area contributed by atoms with Gasteiger partial charge in [-0.2, -0.15) is 4.31 Å². The zero-order chi connectivity index (χ0) is 14.9. The number of halogens is 1. The summed E-state index contributed by atoms with van der Waals surface area (Å²) < 4.78 is 32.0. The lowest BCUT2D eigenvalue weighted by Crippen LogP contribution is -2.29. The molecule has 0 radical (unpaired) electrons. The van der Waals surface area contributed by atoms with E-state index >= 15 is 0 Å². The molecule has 0 aliphatic rings. The number of nitrogens with two attached hydrogens (primary N) is 1. The minimum absolute atomic E-state index is 0.101. The van der Waals surface area contributed by atoms with E-state index in [1.54, 1.807) is 7.05 Å². The Hall–Kier alpha value is -0.670. The maximum Gasteiger partial charge on any atom is 0.247 e. The average Bonchev–Trinajstić information content (AvgIpc) is 3.05. The van der Waals surface area contributed by atoms with Crippen molar-refractivity contribution in [3.05, 3.63) is 38.9 Å². The molecule has 0 spiro atoms. The molecule has 2 aromatic heterocycles. The van der Waals surface area contributed by atoms with E-state index in [2.05, 4.69) is 15.9 Å². The van der Waals surface area contributed by atoms with Crippen molar-refractivity contribution in [2.75, 3.05) is 7.05 Å². The fourth-order valence-corrected chi connectivity index (χ4v) is 4.94. The zero-order valence-corrected chi connectivity index (χ0v) is 14.3. The molecule has 0 aromatic carbocycles. The van der Waals surface area contributed by atoms with Crippen LogP contribution in [0.5, 0.6) is 0 Å². The first-order valence-corrected chi connectivity index (χ1v) is 8.99. The maximum atomic E-state index is 12.6. The predicted octanol–water partition coefficient (Wildman–Crippen LogP) is 2.94. The molecular weight excluding hydrogens is 364 g/mol. The van der Waals surface area contributed by atoms with Gasteiger partial charge in [-0.05, 0) is 34.3 Å². The summed E-state index contributed by atoms with van der Waals surface area (Å²) in [5.74, 6) is 0.424. The molecular formula is C12H15BrN2O3S2. The Morgan fingerprint density at radius 2 is 2.25 bits per heavy atom. The summed E-state index contributed by atoms with van der Waals surface area (Å²) in [5.41, 5.74) is 5.47. The van der Waals surface area contributed by atoms with Crippen LogP contribution in [-0.4, -0.2) is 19.8 Å². The van der Waals surface area contributed by atoms with Crippen LogP contribution in [0.3, 0.4) is 0 Å². The molecule has 110 valence electrons. The van der Waals surface area contributed by atoms with Crippen molar-refractivity contribution in [3.63, 3.8) is 0 Å². The molecule has 20 heavy (non-hydrogen) atoms. The Labute approximate surface area is 130 Å². The maximum absolute atomic E-state index is 12.6. The summed E-state index contributed by atoms with van der Waals surface area (Å²) in [5, 5.41) is 1.92. The second-order valence-electron chi connectivity index (χ2n) is 4.27. The van der Waals surface area contributed by atoms with Gasteiger partial charge in [0.15, 0.2) is 4.67 Å². The van der Waals surface area contributed by atoms with Gasteiger partial charge in [-0.3, -0.25) is 0 Å². The molecule has 2 N–H and O–H groups in total. The van der Waals surface area contributed by atoms with Crippen molar-refractivity contribution in [2.45, 2.75) is 24.4 Å². The number of thiophene rings is 1. The van der Waals surface area contributed by atoms with Crippen LogP contribution in [0.25, 0.3) is 0 Å². The van der Waals surface area contributed by atoms with Crippen LogP contribution in [0.1, 0.15) is 23.6 Å². The van der Waals surface area contributed by atoms with Gasteiger partial charge in [-0.1, -0.05) is 6.07 Å². The molecule has 8 heteroatoms. The molecule has 1 atom stereocenters. The van der Waals surface area contributed by atoms with Crippen molar-refractivity contribution in [2.24, 2.45) is 5.73 Å². The number of hydrogen-bond acceptors (Lipinski definition) is 5. The largest absolute Gasteiger partial charge is 0.452 e. The molecule has 5 nitrogen and oxygen atoms in total. The number of furan rings is 1. The summed E-state index contributed by atoms with van der Waals surface area (Å²) in [7, 11) is -2.08. The Bertz CT molecular complexity index is 680. The SMILES string of the molecule is CC(c1cccs1)N(C)S(=O)(=O)c1cc(CN)oc1Br. The zero-order valence-electron chi connectivity index (χ0n) is 11.0. The lowest BCUT2D eigenvalue weighted by Gasteiger charge is -2.22. The topological polar surface area (TPSA) is 76.5 Å². The summed E-state index contributed by atoms with van der Waals surface area (Å²) >= 11 is 4.66. The van der Waals surface area contributed by atoms with Gasteiger partial charge in [-0.25, -0.2) is 8.42 Å². The van der Waals surface area contributed by atoms with E-state index in [0.717, 1.165) is 4.88 Å². The van der Waals surface area contributed by atoms with E-state index in [0.29, 0.717) is 5.76 Å². The summed E-state index contributed by atoms with van der Waals surface area (Å²) in [6, 6.07) is 5.02. The molecule has 0 fully saturated rings. The minimum Gasteiger partial charge on any atom is -0.452 e. The lowest BCUT2D eigenvalue weighted by molar-refractivity contribution is 0.401. The van der Waals surface area contributed by atoms with E-state index in [1.165, 1.54) is 21.7 Å². The Balaban J connectivity index is 2.36. The Morgan fingerprint density at radius 1 is 1.55 bits per heavy atom. The summed E-state index contributed by atoms with van der Waals surface area (Å²) in [6.07, 6.45) is 0. The van der Waals surface area contributed by atoms with E-state index in [1.807, 2.05) is 24.4 Å². The van der Waals surface area contributed by atoms with Crippen molar-refractivity contribution >= 4 is 37.3 Å². The van der Waals surface area contributed by atoms with Crippen molar-refractivity contribution < 1.29 is 12.8 Å². The average molecular weight is 379 g/mol. The van der Waals surface area contributed by atoms with Gasteiger partial charge in [-0.15, -0.1) is 11.3 Å². The molecule has 2 aromatic rings. The van der Waals surface area contributed by atoms with Crippen LogP contribution in [0, 0.1) is 0 Å². The van der Waals surface area contributed by atoms with Crippen LogP contribution >= 0.6 is 27.3 Å². The molecule has 0 bridgehead atoms. The monoisotopic (exact) mass is 378 g/mol. The molecule has 0 saturated carbocycles. The van der Waals surface area contributed by atoms with Crippen molar-refractivity contribution in [1.29, 1.82) is 0 Å². The van der Waals surface area contributed by atoms with E-state index in [9.17, 15) is 8.42 Å². The lowest BCUT2D eigenvalue weighted by atomic mass is 10.3. The van der Waals surface area contributed by atoms with Gasteiger partial charge in [0.1, 0.15) is 10.7 Å². The normalized spacial score (nSPS) is 13.8. The standard InChI is InChI=1S/C12H15BrN2O3S2/c1-8(10-4-3-5-19-10)15(2)20(16,17)11-6-9(7-14)18-12(11)13/h3-6,8H,7,14H2,1-2H3. The number of hydrogen-bond donors (Lipinski definition) is 1. The highest BCUT2D eigenvalue weighted by molar-refractivity contribution is 9.10. The van der Waals surface area contributed by atoms with Crippen molar-refractivity contribution in [3.8, 4) is 0 Å².